The maximum absolute atomic E-state index is 12.9. The van der Waals surface area contributed by atoms with E-state index in [0.717, 1.165) is 50.4 Å². The second-order valence-electron chi connectivity index (χ2n) is 7.23. The zero-order chi connectivity index (χ0) is 19.9. The minimum absolute atomic E-state index is 0.0169. The molecule has 1 saturated heterocycles. The molecule has 3 rings (SSSR count). The Hall–Kier alpha value is -2.41. The highest BCUT2D eigenvalue weighted by Gasteiger charge is 2.24. The molecule has 7 heteroatoms. The van der Waals surface area contributed by atoms with Crippen LogP contribution in [0.5, 0.6) is 5.75 Å². The topological polar surface area (TPSA) is 56.6 Å². The summed E-state index contributed by atoms with van der Waals surface area (Å²) in [5.41, 5.74) is 1.15. The van der Waals surface area contributed by atoms with Gasteiger partial charge in [-0.2, -0.15) is 0 Å². The summed E-state index contributed by atoms with van der Waals surface area (Å²) in [6.07, 6.45) is 4.75. The number of nitrogens with zero attached hydrogens (tertiary/aromatic N) is 3. The van der Waals surface area contributed by atoms with E-state index >= 15 is 0 Å². The van der Waals surface area contributed by atoms with Crippen molar-refractivity contribution in [2.24, 2.45) is 5.92 Å². The van der Waals surface area contributed by atoms with Gasteiger partial charge in [0.1, 0.15) is 17.4 Å². The molecule has 2 heterocycles. The van der Waals surface area contributed by atoms with Crippen molar-refractivity contribution in [3.63, 3.8) is 0 Å². The zero-order valence-electron chi connectivity index (χ0n) is 16.6. The molecule has 1 aromatic carbocycles. The molecule has 1 fully saturated rings. The van der Waals surface area contributed by atoms with E-state index in [9.17, 15) is 9.18 Å². The highest BCUT2D eigenvalue weighted by Crippen LogP contribution is 2.22. The average Bonchev–Trinajstić information content (AvgIpc) is 3.05. The minimum Gasteiger partial charge on any atom is -0.484 e. The fourth-order valence-corrected chi connectivity index (χ4v) is 3.57. The number of carbonyl (C=O) groups is 1. The SMILES string of the molecule is COCCn1c(C)cnc1CC1CCN(C(=O)COc2ccc(F)cc2)CC1. The molecule has 0 N–H and O–H groups in total. The fraction of sp³-hybridized carbons (Fsp3) is 0.524. The normalized spacial score (nSPS) is 15.0. The maximum Gasteiger partial charge on any atom is 0.260 e. The minimum atomic E-state index is -0.321. The van der Waals surface area contributed by atoms with Crippen molar-refractivity contribution in [2.45, 2.75) is 32.7 Å². The van der Waals surface area contributed by atoms with E-state index in [4.69, 9.17) is 9.47 Å². The zero-order valence-corrected chi connectivity index (χ0v) is 16.6. The summed E-state index contributed by atoms with van der Waals surface area (Å²) in [5.74, 6) is 1.77. The summed E-state index contributed by atoms with van der Waals surface area (Å²) in [5, 5.41) is 0. The van der Waals surface area contributed by atoms with Gasteiger partial charge in [-0.15, -0.1) is 0 Å². The predicted molar refractivity (Wildman–Crippen MR) is 104 cm³/mol. The molecular formula is C21H28FN3O3. The quantitative estimate of drug-likeness (QED) is 0.697. The number of imidazole rings is 1. The lowest BCUT2D eigenvalue weighted by molar-refractivity contribution is -0.134. The Balaban J connectivity index is 1.45. The summed E-state index contributed by atoms with van der Waals surface area (Å²) in [7, 11) is 1.71. The standard InChI is InChI=1S/C21H28FN3O3/c1-16-14-23-20(25(16)11-12-27-2)13-17-7-9-24(10-8-17)21(26)15-28-19-5-3-18(22)4-6-19/h3-6,14,17H,7-13,15H2,1-2H3. The molecule has 152 valence electrons. The molecule has 2 aromatic rings. The lowest BCUT2D eigenvalue weighted by Crippen LogP contribution is -2.41. The van der Waals surface area contributed by atoms with Gasteiger partial charge in [0, 0.05) is 45.1 Å². The van der Waals surface area contributed by atoms with Gasteiger partial charge < -0.3 is 18.9 Å². The fourth-order valence-electron chi connectivity index (χ4n) is 3.57. The molecule has 0 radical (unpaired) electrons. The van der Waals surface area contributed by atoms with Crippen LogP contribution in [0.15, 0.2) is 30.5 Å². The number of amides is 1. The highest BCUT2D eigenvalue weighted by atomic mass is 19.1. The first-order chi connectivity index (χ1) is 13.6. The maximum atomic E-state index is 12.9. The predicted octanol–water partition coefficient (Wildman–Crippen LogP) is 2.84. The van der Waals surface area contributed by atoms with Crippen LogP contribution in [0.3, 0.4) is 0 Å². The van der Waals surface area contributed by atoms with E-state index in [1.807, 2.05) is 11.1 Å². The molecule has 0 aliphatic carbocycles. The Morgan fingerprint density at radius 3 is 2.64 bits per heavy atom. The second-order valence-corrected chi connectivity index (χ2v) is 7.23. The van der Waals surface area contributed by atoms with Gasteiger partial charge in [-0.25, -0.2) is 9.37 Å². The van der Waals surface area contributed by atoms with Crippen molar-refractivity contribution in [1.82, 2.24) is 14.5 Å². The number of halogens is 1. The number of methoxy groups -OCH3 is 1. The van der Waals surface area contributed by atoms with Crippen LogP contribution in [0.1, 0.15) is 24.4 Å². The Labute approximate surface area is 165 Å². The summed E-state index contributed by atoms with van der Waals surface area (Å²) in [4.78, 5) is 18.8. The number of hydrogen-bond donors (Lipinski definition) is 0. The third-order valence-electron chi connectivity index (χ3n) is 5.27. The van der Waals surface area contributed by atoms with Gasteiger partial charge in [-0.1, -0.05) is 0 Å². The van der Waals surface area contributed by atoms with Crippen molar-refractivity contribution in [3.8, 4) is 5.75 Å². The molecule has 0 bridgehead atoms. The van der Waals surface area contributed by atoms with Crippen LogP contribution < -0.4 is 4.74 Å². The van der Waals surface area contributed by atoms with Gasteiger partial charge in [-0.05, 0) is 49.9 Å². The van der Waals surface area contributed by atoms with Crippen LogP contribution in [0.4, 0.5) is 4.39 Å². The molecule has 6 nitrogen and oxygen atoms in total. The van der Waals surface area contributed by atoms with Gasteiger partial charge in [0.25, 0.3) is 5.91 Å². The summed E-state index contributed by atoms with van der Waals surface area (Å²) in [6.45, 7) is 4.99. The van der Waals surface area contributed by atoms with Crippen molar-refractivity contribution >= 4 is 5.91 Å². The van der Waals surface area contributed by atoms with Crippen LogP contribution in [0.25, 0.3) is 0 Å². The van der Waals surface area contributed by atoms with Gasteiger partial charge in [0.15, 0.2) is 6.61 Å². The van der Waals surface area contributed by atoms with E-state index in [-0.39, 0.29) is 18.3 Å². The summed E-state index contributed by atoms with van der Waals surface area (Å²) < 4.78 is 25.8. The number of hydrogen-bond acceptors (Lipinski definition) is 4. The summed E-state index contributed by atoms with van der Waals surface area (Å²) >= 11 is 0. The average molecular weight is 389 g/mol. The van der Waals surface area contributed by atoms with Crippen molar-refractivity contribution in [3.05, 3.63) is 47.8 Å². The van der Waals surface area contributed by atoms with E-state index in [2.05, 4.69) is 16.5 Å². The van der Waals surface area contributed by atoms with Crippen LogP contribution >= 0.6 is 0 Å². The van der Waals surface area contributed by atoms with Gasteiger partial charge in [0.05, 0.1) is 6.61 Å². The monoisotopic (exact) mass is 389 g/mol. The first-order valence-electron chi connectivity index (χ1n) is 9.73. The molecule has 0 saturated carbocycles. The smallest absolute Gasteiger partial charge is 0.260 e. The first-order valence-corrected chi connectivity index (χ1v) is 9.73. The van der Waals surface area contributed by atoms with Gasteiger partial charge in [-0.3, -0.25) is 4.79 Å². The third kappa shape index (κ3) is 5.32. The number of aromatic nitrogens is 2. The van der Waals surface area contributed by atoms with Crippen molar-refractivity contribution in [1.29, 1.82) is 0 Å². The van der Waals surface area contributed by atoms with E-state index in [1.165, 1.54) is 24.3 Å². The van der Waals surface area contributed by atoms with Crippen LogP contribution in [0.2, 0.25) is 0 Å². The highest BCUT2D eigenvalue weighted by molar-refractivity contribution is 5.77. The van der Waals surface area contributed by atoms with Crippen LogP contribution in [0, 0.1) is 18.7 Å². The Morgan fingerprint density at radius 2 is 1.96 bits per heavy atom. The first kappa shape index (κ1) is 20.3. The van der Waals surface area contributed by atoms with E-state index < -0.39 is 0 Å². The number of benzene rings is 1. The lowest BCUT2D eigenvalue weighted by Gasteiger charge is -2.32. The number of rotatable bonds is 8. The number of carbonyl (C=O) groups excluding carboxylic acids is 1. The molecule has 0 atom stereocenters. The number of piperidine rings is 1. The molecule has 1 aromatic heterocycles. The molecule has 1 amide bonds. The molecule has 1 aliphatic heterocycles. The largest absolute Gasteiger partial charge is 0.484 e. The second kappa shape index (κ2) is 9.68. The van der Waals surface area contributed by atoms with Gasteiger partial charge in [0.2, 0.25) is 0 Å². The molecule has 1 aliphatic rings. The lowest BCUT2D eigenvalue weighted by atomic mass is 9.93. The number of likely N-dealkylation sites (tertiary alicyclic amines) is 1. The van der Waals surface area contributed by atoms with E-state index in [0.29, 0.717) is 18.3 Å². The molecule has 28 heavy (non-hydrogen) atoms. The Bertz CT molecular complexity index is 768. The van der Waals surface area contributed by atoms with Crippen molar-refractivity contribution in [2.75, 3.05) is 33.4 Å². The molecular weight excluding hydrogens is 361 g/mol. The van der Waals surface area contributed by atoms with E-state index in [1.54, 1.807) is 7.11 Å². The number of ether oxygens (including phenoxy) is 2. The Kier molecular flexibility index (Phi) is 7.03. The van der Waals surface area contributed by atoms with Gasteiger partial charge >= 0.3 is 0 Å². The van der Waals surface area contributed by atoms with Crippen LogP contribution in [-0.4, -0.2) is 53.8 Å². The van der Waals surface area contributed by atoms with Crippen LogP contribution in [-0.2, 0) is 22.5 Å². The Morgan fingerprint density at radius 1 is 1.25 bits per heavy atom. The van der Waals surface area contributed by atoms with Crippen molar-refractivity contribution < 1.29 is 18.7 Å². The summed E-state index contributed by atoms with van der Waals surface area (Å²) in [6, 6.07) is 5.71. The number of aryl methyl sites for hydroxylation is 1. The third-order valence-corrected chi connectivity index (χ3v) is 5.27. The molecule has 0 unspecified atom stereocenters. The molecule has 0 spiro atoms.